The zero-order valence-corrected chi connectivity index (χ0v) is 7.63. The molecular formula is C9H12N2O2. The van der Waals surface area contributed by atoms with E-state index in [4.69, 9.17) is 0 Å². The van der Waals surface area contributed by atoms with E-state index in [0.717, 1.165) is 5.69 Å². The molecule has 0 radical (unpaired) electrons. The van der Waals surface area contributed by atoms with E-state index >= 15 is 0 Å². The summed E-state index contributed by atoms with van der Waals surface area (Å²) in [7, 11) is 3.34. The Morgan fingerprint density at radius 3 is 2.77 bits per heavy atom. The Kier molecular flexibility index (Phi) is 3.28. The van der Waals surface area contributed by atoms with Crippen molar-refractivity contribution < 1.29 is 9.63 Å². The zero-order chi connectivity index (χ0) is 9.68. The van der Waals surface area contributed by atoms with E-state index in [1.807, 2.05) is 6.07 Å². The smallest absolute Gasteiger partial charge is 0.356 e. The number of hydrogen-bond donors (Lipinski definition) is 2. The number of nitrogens with one attached hydrogen (secondary N) is 2. The number of rotatable bonds is 3. The molecule has 0 spiro atoms. The normalized spacial score (nSPS) is 9.38. The number of hydroxylamine groups is 1. The second kappa shape index (κ2) is 4.47. The summed E-state index contributed by atoms with van der Waals surface area (Å²) in [5.41, 5.74) is 3.73. The summed E-state index contributed by atoms with van der Waals surface area (Å²) >= 11 is 0. The predicted molar refractivity (Wildman–Crippen MR) is 50.5 cm³/mol. The van der Waals surface area contributed by atoms with Crippen molar-refractivity contribution in [2.24, 2.45) is 0 Å². The van der Waals surface area contributed by atoms with Crippen molar-refractivity contribution in [3.05, 3.63) is 29.8 Å². The van der Waals surface area contributed by atoms with Gasteiger partial charge in [0.2, 0.25) is 0 Å². The molecule has 1 aromatic rings. The SMILES string of the molecule is CNOC(=O)c1cccc(NC)c1. The summed E-state index contributed by atoms with van der Waals surface area (Å²) < 4.78 is 0. The van der Waals surface area contributed by atoms with E-state index in [1.165, 1.54) is 0 Å². The lowest BCUT2D eigenvalue weighted by Crippen LogP contribution is -2.15. The molecule has 4 heteroatoms. The molecule has 13 heavy (non-hydrogen) atoms. The molecule has 0 saturated carbocycles. The lowest BCUT2D eigenvalue weighted by molar-refractivity contribution is 0.0310. The molecule has 2 N–H and O–H groups in total. The van der Waals surface area contributed by atoms with Gasteiger partial charge in [0.1, 0.15) is 0 Å². The minimum atomic E-state index is -0.389. The minimum Gasteiger partial charge on any atom is -0.388 e. The quantitative estimate of drug-likeness (QED) is 0.682. The van der Waals surface area contributed by atoms with Crippen molar-refractivity contribution >= 4 is 11.7 Å². The number of hydrogen-bond acceptors (Lipinski definition) is 4. The van der Waals surface area contributed by atoms with E-state index in [0.29, 0.717) is 5.56 Å². The van der Waals surface area contributed by atoms with Gasteiger partial charge in [-0.25, -0.2) is 4.79 Å². The largest absolute Gasteiger partial charge is 0.388 e. The van der Waals surface area contributed by atoms with Crippen LogP contribution in [0, 0.1) is 0 Å². The maximum atomic E-state index is 11.2. The topological polar surface area (TPSA) is 50.4 Å². The molecule has 0 aliphatic carbocycles. The molecule has 0 heterocycles. The van der Waals surface area contributed by atoms with Gasteiger partial charge in [-0.2, -0.15) is 5.48 Å². The summed E-state index contributed by atoms with van der Waals surface area (Å²) in [6, 6.07) is 7.08. The van der Waals surface area contributed by atoms with Crippen LogP contribution in [0.4, 0.5) is 5.69 Å². The van der Waals surface area contributed by atoms with Crippen LogP contribution in [-0.2, 0) is 4.84 Å². The van der Waals surface area contributed by atoms with Gasteiger partial charge >= 0.3 is 5.97 Å². The summed E-state index contributed by atoms with van der Waals surface area (Å²) in [5, 5.41) is 2.94. The third-order valence-electron chi connectivity index (χ3n) is 1.58. The van der Waals surface area contributed by atoms with Gasteiger partial charge in [-0.1, -0.05) is 6.07 Å². The summed E-state index contributed by atoms with van der Waals surface area (Å²) in [6.45, 7) is 0. The van der Waals surface area contributed by atoms with Crippen LogP contribution in [0.15, 0.2) is 24.3 Å². The minimum absolute atomic E-state index is 0.389. The van der Waals surface area contributed by atoms with Gasteiger partial charge in [0.15, 0.2) is 0 Å². The zero-order valence-electron chi connectivity index (χ0n) is 7.63. The highest BCUT2D eigenvalue weighted by atomic mass is 16.7. The monoisotopic (exact) mass is 180 g/mol. The van der Waals surface area contributed by atoms with Crippen LogP contribution < -0.4 is 10.8 Å². The Bertz CT molecular complexity index is 299. The van der Waals surface area contributed by atoms with E-state index in [2.05, 4.69) is 15.6 Å². The number of carbonyl (C=O) groups excluding carboxylic acids is 1. The van der Waals surface area contributed by atoms with E-state index in [9.17, 15) is 4.79 Å². The first-order valence-corrected chi connectivity index (χ1v) is 3.93. The van der Waals surface area contributed by atoms with Crippen LogP contribution in [-0.4, -0.2) is 20.1 Å². The fourth-order valence-electron chi connectivity index (χ4n) is 0.953. The molecule has 4 nitrogen and oxygen atoms in total. The fraction of sp³-hybridized carbons (Fsp3) is 0.222. The Hall–Kier alpha value is -1.55. The fourth-order valence-corrected chi connectivity index (χ4v) is 0.953. The molecule has 0 amide bonds. The van der Waals surface area contributed by atoms with Crippen molar-refractivity contribution in [3.63, 3.8) is 0 Å². The van der Waals surface area contributed by atoms with Crippen LogP contribution in [0.3, 0.4) is 0 Å². The first kappa shape index (κ1) is 9.54. The Labute approximate surface area is 76.9 Å². The highest BCUT2D eigenvalue weighted by molar-refractivity contribution is 5.90. The molecule has 0 saturated heterocycles. The second-order valence-corrected chi connectivity index (χ2v) is 2.42. The van der Waals surface area contributed by atoms with Gasteiger partial charge < -0.3 is 10.2 Å². The van der Waals surface area contributed by atoms with Crippen molar-refractivity contribution in [2.45, 2.75) is 0 Å². The number of benzene rings is 1. The predicted octanol–water partition coefficient (Wildman–Crippen LogP) is 1.02. The lowest BCUT2D eigenvalue weighted by Gasteiger charge is -2.03. The molecule has 1 aromatic carbocycles. The van der Waals surface area contributed by atoms with Gasteiger partial charge in [0.25, 0.3) is 0 Å². The van der Waals surface area contributed by atoms with Crippen LogP contribution in [0.25, 0.3) is 0 Å². The van der Waals surface area contributed by atoms with Gasteiger partial charge in [0.05, 0.1) is 5.56 Å². The Balaban J connectivity index is 2.82. The maximum Gasteiger partial charge on any atom is 0.356 e. The van der Waals surface area contributed by atoms with Crippen molar-refractivity contribution in [1.29, 1.82) is 0 Å². The average Bonchev–Trinajstić information content (AvgIpc) is 2.18. The molecule has 70 valence electrons. The van der Waals surface area contributed by atoms with Gasteiger partial charge in [-0.05, 0) is 18.2 Å². The average molecular weight is 180 g/mol. The summed E-state index contributed by atoms with van der Waals surface area (Å²) in [5.74, 6) is -0.389. The number of carbonyl (C=O) groups is 1. The van der Waals surface area contributed by atoms with Crippen molar-refractivity contribution in [1.82, 2.24) is 5.48 Å². The number of anilines is 1. The van der Waals surface area contributed by atoms with Gasteiger partial charge in [0, 0.05) is 19.8 Å². The second-order valence-electron chi connectivity index (χ2n) is 2.42. The summed E-state index contributed by atoms with van der Waals surface area (Å²) in [4.78, 5) is 15.8. The van der Waals surface area contributed by atoms with E-state index in [1.54, 1.807) is 32.3 Å². The van der Waals surface area contributed by atoms with Crippen LogP contribution in [0.1, 0.15) is 10.4 Å². The van der Waals surface area contributed by atoms with Gasteiger partial charge in [-0.3, -0.25) is 0 Å². The molecule has 0 unspecified atom stereocenters. The van der Waals surface area contributed by atoms with Crippen LogP contribution in [0.2, 0.25) is 0 Å². The first-order chi connectivity index (χ1) is 6.27. The molecule has 0 atom stereocenters. The molecule has 0 bridgehead atoms. The van der Waals surface area contributed by atoms with E-state index in [-0.39, 0.29) is 5.97 Å². The Morgan fingerprint density at radius 1 is 1.38 bits per heavy atom. The molecule has 1 rings (SSSR count). The summed E-state index contributed by atoms with van der Waals surface area (Å²) in [6.07, 6.45) is 0. The molecule has 0 aliphatic heterocycles. The van der Waals surface area contributed by atoms with Crippen LogP contribution in [0.5, 0.6) is 0 Å². The highest BCUT2D eigenvalue weighted by Gasteiger charge is 2.05. The van der Waals surface area contributed by atoms with Gasteiger partial charge in [-0.15, -0.1) is 0 Å². The lowest BCUT2D eigenvalue weighted by atomic mass is 10.2. The molecule has 0 aliphatic rings. The third kappa shape index (κ3) is 2.45. The molecule has 0 aromatic heterocycles. The molecule has 0 fully saturated rings. The highest BCUT2D eigenvalue weighted by Crippen LogP contribution is 2.09. The van der Waals surface area contributed by atoms with Crippen molar-refractivity contribution in [3.8, 4) is 0 Å². The molecular weight excluding hydrogens is 168 g/mol. The first-order valence-electron chi connectivity index (χ1n) is 3.93. The van der Waals surface area contributed by atoms with Crippen LogP contribution >= 0.6 is 0 Å². The Morgan fingerprint density at radius 2 is 2.15 bits per heavy atom. The maximum absolute atomic E-state index is 11.2. The standard InChI is InChI=1S/C9H12N2O2/c1-10-8-5-3-4-7(6-8)9(12)13-11-2/h3-6,10-11H,1-2H3. The van der Waals surface area contributed by atoms with Crippen molar-refractivity contribution in [2.75, 3.05) is 19.4 Å². The third-order valence-corrected chi connectivity index (χ3v) is 1.58. The van der Waals surface area contributed by atoms with E-state index < -0.39 is 0 Å².